The second-order valence-electron chi connectivity index (χ2n) is 5.78. The van der Waals surface area contributed by atoms with E-state index in [1.54, 1.807) is 26.0 Å². The minimum atomic E-state index is -1.08. The predicted octanol–water partition coefficient (Wildman–Crippen LogP) is 3.45. The van der Waals surface area contributed by atoms with E-state index in [0.29, 0.717) is 0 Å². The maximum Gasteiger partial charge on any atom is 0.331 e. The molecule has 0 bridgehead atoms. The van der Waals surface area contributed by atoms with E-state index in [0.717, 1.165) is 5.75 Å². The van der Waals surface area contributed by atoms with Gasteiger partial charge in [0.25, 0.3) is 0 Å². The molecular formula is C19H24O6S. The Morgan fingerprint density at radius 3 is 2.31 bits per heavy atom. The molecule has 142 valence electrons. The lowest BCUT2D eigenvalue weighted by molar-refractivity contribution is -0.145. The smallest absolute Gasteiger partial charge is 0.331 e. The molecule has 2 rings (SSSR count). The van der Waals surface area contributed by atoms with Gasteiger partial charge in [0.1, 0.15) is 0 Å². The normalized spacial score (nSPS) is 18.7. The quantitative estimate of drug-likeness (QED) is 0.553. The Balaban J connectivity index is 0.000000260. The summed E-state index contributed by atoms with van der Waals surface area (Å²) in [6.07, 6.45) is 4.31. The Labute approximate surface area is 157 Å². The van der Waals surface area contributed by atoms with Gasteiger partial charge >= 0.3 is 11.9 Å². The summed E-state index contributed by atoms with van der Waals surface area (Å²) in [4.78, 5) is 22.6. The topological polar surface area (TPSA) is 93.1 Å². The van der Waals surface area contributed by atoms with Gasteiger partial charge in [-0.3, -0.25) is 4.79 Å². The first-order chi connectivity index (χ1) is 12.3. The maximum atomic E-state index is 10.8. The molecule has 0 aliphatic heterocycles. The summed E-state index contributed by atoms with van der Waals surface area (Å²) in [5.74, 6) is -1.25. The van der Waals surface area contributed by atoms with Crippen LogP contribution in [0.15, 0.2) is 59.0 Å². The maximum absolute atomic E-state index is 10.8. The zero-order valence-corrected chi connectivity index (χ0v) is 15.9. The van der Waals surface area contributed by atoms with Crippen LogP contribution in [0.2, 0.25) is 0 Å². The van der Waals surface area contributed by atoms with Gasteiger partial charge in [-0.25, -0.2) is 4.79 Å². The SMILES string of the molecule is CC1(C(=O)O)C=CC=C(C(=O)O)C1.COC(CSc1ccccc1)OC. The first kappa shape index (κ1) is 22.0. The van der Waals surface area contributed by atoms with Crippen LogP contribution in [0.1, 0.15) is 13.3 Å². The Kier molecular flexibility index (Phi) is 9.12. The molecule has 1 aromatic rings. The lowest BCUT2D eigenvalue weighted by atomic mass is 9.80. The Hall–Kier alpha value is -2.09. The first-order valence-electron chi connectivity index (χ1n) is 7.91. The molecule has 1 atom stereocenters. The molecule has 6 nitrogen and oxygen atoms in total. The summed E-state index contributed by atoms with van der Waals surface area (Å²) >= 11 is 1.73. The summed E-state index contributed by atoms with van der Waals surface area (Å²) in [6, 6.07) is 10.2. The fraction of sp³-hybridized carbons (Fsp3) is 0.368. The monoisotopic (exact) mass is 380 g/mol. The van der Waals surface area contributed by atoms with Crippen LogP contribution in [-0.4, -0.2) is 48.4 Å². The number of carboxylic acid groups (broad SMARTS) is 2. The van der Waals surface area contributed by atoms with Crippen LogP contribution in [0.4, 0.5) is 0 Å². The molecular weight excluding hydrogens is 356 g/mol. The van der Waals surface area contributed by atoms with Crippen molar-refractivity contribution >= 4 is 23.7 Å². The van der Waals surface area contributed by atoms with Crippen molar-refractivity contribution in [3.05, 3.63) is 54.1 Å². The van der Waals surface area contributed by atoms with E-state index < -0.39 is 17.4 Å². The van der Waals surface area contributed by atoms with Gasteiger partial charge in [-0.1, -0.05) is 36.4 Å². The summed E-state index contributed by atoms with van der Waals surface area (Å²) in [5.41, 5.74) is -0.949. The first-order valence-corrected chi connectivity index (χ1v) is 8.89. The standard InChI is InChI=1S/C10H14O2S.C9H10O4/c1-11-10(12-2)8-13-9-6-4-3-5-7-9;1-9(8(12)13)4-2-3-6(5-9)7(10)11/h3-7,10H,8H2,1-2H3;2-4H,5H2,1H3,(H,10,11)(H,12,13). The van der Waals surface area contributed by atoms with Gasteiger partial charge in [-0.05, 0) is 25.5 Å². The van der Waals surface area contributed by atoms with E-state index in [9.17, 15) is 9.59 Å². The van der Waals surface area contributed by atoms with E-state index >= 15 is 0 Å². The fourth-order valence-electron chi connectivity index (χ4n) is 2.10. The molecule has 0 heterocycles. The average Bonchev–Trinajstić information content (AvgIpc) is 2.64. The highest BCUT2D eigenvalue weighted by atomic mass is 32.2. The number of thioether (sulfide) groups is 1. The van der Waals surface area contributed by atoms with Crippen LogP contribution in [0.5, 0.6) is 0 Å². The number of hydrogen-bond donors (Lipinski definition) is 2. The number of hydrogen-bond acceptors (Lipinski definition) is 5. The molecule has 0 saturated carbocycles. The molecule has 1 unspecified atom stereocenters. The Bertz CT molecular complexity index is 651. The number of rotatable bonds is 7. The molecule has 0 saturated heterocycles. The van der Waals surface area contributed by atoms with Crippen molar-refractivity contribution in [2.75, 3.05) is 20.0 Å². The van der Waals surface area contributed by atoms with Crippen LogP contribution < -0.4 is 0 Å². The van der Waals surface area contributed by atoms with Crippen LogP contribution in [-0.2, 0) is 19.1 Å². The van der Waals surface area contributed by atoms with Crippen molar-refractivity contribution in [2.45, 2.75) is 24.5 Å². The van der Waals surface area contributed by atoms with E-state index in [1.165, 1.54) is 30.0 Å². The molecule has 1 aliphatic rings. The molecule has 0 aromatic heterocycles. The molecule has 1 aliphatic carbocycles. The lowest BCUT2D eigenvalue weighted by Gasteiger charge is -2.23. The van der Waals surface area contributed by atoms with Gasteiger partial charge < -0.3 is 19.7 Å². The molecule has 2 N–H and O–H groups in total. The minimum absolute atomic E-state index is 0.0359. The number of benzene rings is 1. The van der Waals surface area contributed by atoms with Crippen LogP contribution >= 0.6 is 11.8 Å². The second-order valence-corrected chi connectivity index (χ2v) is 6.87. The van der Waals surface area contributed by atoms with Crippen LogP contribution in [0.3, 0.4) is 0 Å². The Morgan fingerprint density at radius 1 is 1.19 bits per heavy atom. The van der Waals surface area contributed by atoms with Gasteiger partial charge in [0.05, 0.1) is 5.41 Å². The van der Waals surface area contributed by atoms with Gasteiger partial charge in [0.15, 0.2) is 6.29 Å². The number of aliphatic carboxylic acids is 2. The van der Waals surface area contributed by atoms with Crippen molar-refractivity contribution in [3.63, 3.8) is 0 Å². The van der Waals surface area contributed by atoms with Gasteiger partial charge in [0.2, 0.25) is 0 Å². The number of methoxy groups -OCH3 is 2. The molecule has 0 spiro atoms. The zero-order chi connectivity index (χ0) is 19.6. The van der Waals surface area contributed by atoms with Gasteiger partial charge in [-0.2, -0.15) is 0 Å². The number of carboxylic acids is 2. The van der Waals surface area contributed by atoms with Gasteiger partial charge in [0, 0.05) is 30.4 Å². The molecule has 0 fully saturated rings. The third kappa shape index (κ3) is 7.03. The summed E-state index contributed by atoms with van der Waals surface area (Å²) < 4.78 is 10.2. The summed E-state index contributed by atoms with van der Waals surface area (Å²) in [7, 11) is 3.30. The van der Waals surface area contributed by atoms with Gasteiger partial charge in [-0.15, -0.1) is 11.8 Å². The van der Waals surface area contributed by atoms with Crippen molar-refractivity contribution < 1.29 is 29.3 Å². The van der Waals surface area contributed by atoms with Crippen LogP contribution in [0, 0.1) is 5.41 Å². The summed E-state index contributed by atoms with van der Waals surface area (Å²) in [5, 5.41) is 17.5. The second kappa shape index (κ2) is 10.8. The minimum Gasteiger partial charge on any atom is -0.481 e. The van der Waals surface area contributed by atoms with E-state index in [2.05, 4.69) is 12.1 Å². The van der Waals surface area contributed by atoms with Crippen molar-refractivity contribution in [3.8, 4) is 0 Å². The lowest BCUT2D eigenvalue weighted by Crippen LogP contribution is -2.28. The Morgan fingerprint density at radius 2 is 1.81 bits per heavy atom. The summed E-state index contributed by atoms with van der Waals surface area (Å²) in [6.45, 7) is 1.50. The fourth-order valence-corrected chi connectivity index (χ4v) is 3.05. The molecule has 0 amide bonds. The largest absolute Gasteiger partial charge is 0.481 e. The molecule has 7 heteroatoms. The highest BCUT2D eigenvalue weighted by Crippen LogP contribution is 2.31. The zero-order valence-electron chi connectivity index (χ0n) is 15.0. The highest BCUT2D eigenvalue weighted by molar-refractivity contribution is 7.99. The number of carbonyl (C=O) groups is 2. The number of allylic oxidation sites excluding steroid dienone is 2. The molecule has 0 radical (unpaired) electrons. The third-order valence-corrected chi connectivity index (χ3v) is 4.78. The van der Waals surface area contributed by atoms with E-state index in [-0.39, 0.29) is 18.3 Å². The van der Waals surface area contributed by atoms with E-state index in [1.807, 2.05) is 18.2 Å². The predicted molar refractivity (Wildman–Crippen MR) is 100 cm³/mol. The van der Waals surface area contributed by atoms with Crippen molar-refractivity contribution in [1.82, 2.24) is 0 Å². The van der Waals surface area contributed by atoms with E-state index in [4.69, 9.17) is 19.7 Å². The van der Waals surface area contributed by atoms with Crippen LogP contribution in [0.25, 0.3) is 0 Å². The molecule has 26 heavy (non-hydrogen) atoms. The van der Waals surface area contributed by atoms with Crippen molar-refractivity contribution in [2.24, 2.45) is 5.41 Å². The average molecular weight is 380 g/mol. The molecule has 1 aromatic carbocycles. The number of ether oxygens (including phenoxy) is 2. The third-order valence-electron chi connectivity index (χ3n) is 3.74. The highest BCUT2D eigenvalue weighted by Gasteiger charge is 2.34. The van der Waals surface area contributed by atoms with Crippen molar-refractivity contribution in [1.29, 1.82) is 0 Å².